The number of hydrogen-bond acceptors (Lipinski definition) is 7. The van der Waals surface area contributed by atoms with E-state index < -0.39 is 11.5 Å². The number of nitrogens with one attached hydrogen (secondary N) is 1. The first-order valence-electron chi connectivity index (χ1n) is 11.5. The summed E-state index contributed by atoms with van der Waals surface area (Å²) in [5.41, 5.74) is 2.90. The van der Waals surface area contributed by atoms with Crippen molar-refractivity contribution in [3.05, 3.63) is 119 Å². The summed E-state index contributed by atoms with van der Waals surface area (Å²) in [5.74, 6) is -0.566. The lowest BCUT2D eigenvalue weighted by molar-refractivity contribution is -0.135. The monoisotopic (exact) mass is 611 g/mol. The van der Waals surface area contributed by atoms with Crippen LogP contribution in [0.4, 0.5) is 5.13 Å². The highest BCUT2D eigenvalue weighted by molar-refractivity contribution is 14.1. The molecule has 0 unspecified atom stereocenters. The van der Waals surface area contributed by atoms with Crippen LogP contribution in [0.25, 0.3) is 0 Å². The number of esters is 1. The normalized spacial score (nSPS) is 11.7. The summed E-state index contributed by atoms with van der Waals surface area (Å²) in [7, 11) is 0. The first kappa shape index (κ1) is 25.8. The second-order valence-corrected chi connectivity index (χ2v) is 9.63. The second kappa shape index (κ2) is 12.6. The molecule has 1 N–H and O–H groups in total. The van der Waals surface area contributed by atoms with Crippen LogP contribution >= 0.6 is 33.9 Å². The van der Waals surface area contributed by atoms with E-state index in [4.69, 9.17) is 14.6 Å². The van der Waals surface area contributed by atoms with Crippen molar-refractivity contribution in [3.63, 3.8) is 0 Å². The molecule has 0 bridgehead atoms. The molecule has 4 aromatic rings. The number of nitrogens with zero attached hydrogens (tertiary/aromatic N) is 2. The fourth-order valence-corrected chi connectivity index (χ4v) is 4.86. The van der Waals surface area contributed by atoms with E-state index in [9.17, 15) is 4.79 Å². The van der Waals surface area contributed by atoms with Gasteiger partial charge in [-0.3, -0.25) is 0 Å². The molecule has 184 valence electrons. The van der Waals surface area contributed by atoms with Crippen LogP contribution in [0.15, 0.2) is 102 Å². The summed E-state index contributed by atoms with van der Waals surface area (Å²) in [5, 5.41) is 10.2. The van der Waals surface area contributed by atoms with E-state index in [1.807, 2.05) is 54.6 Å². The van der Waals surface area contributed by atoms with Gasteiger partial charge in [0.05, 0.1) is 6.61 Å². The van der Waals surface area contributed by atoms with Crippen molar-refractivity contribution in [2.45, 2.75) is 12.5 Å². The average molecular weight is 612 g/mol. The Hall–Kier alpha value is -3.24. The van der Waals surface area contributed by atoms with E-state index in [0.29, 0.717) is 17.4 Å². The van der Waals surface area contributed by atoms with Crippen molar-refractivity contribution in [1.29, 1.82) is 0 Å². The molecule has 1 aromatic heterocycles. The first-order chi connectivity index (χ1) is 17.7. The van der Waals surface area contributed by atoms with Gasteiger partial charge in [-0.2, -0.15) is 0 Å². The first-order valence-corrected chi connectivity index (χ1v) is 13.9. The second-order valence-electron chi connectivity index (χ2n) is 7.69. The standard InChI is InChI=1S/C28H26IN3O3S/c1-2-34-26(33)25(32-35-19-18-29)24-20-36-27(30-24)31-28(21-12-6-3-7-13-21,22-14-8-4-9-15-22)23-16-10-5-11-17-23/h3-17,20H,2,18-19H2,1H3,(H,30,31)/b32-25+. The highest BCUT2D eigenvalue weighted by Crippen LogP contribution is 2.40. The Morgan fingerprint density at radius 3 is 1.94 bits per heavy atom. The van der Waals surface area contributed by atoms with Crippen LogP contribution in [0.2, 0.25) is 0 Å². The molecule has 0 amide bonds. The molecule has 6 nitrogen and oxygen atoms in total. The number of halogens is 1. The minimum atomic E-state index is -0.724. The van der Waals surface area contributed by atoms with Gasteiger partial charge in [-0.15, -0.1) is 11.3 Å². The van der Waals surface area contributed by atoms with Gasteiger partial charge in [0, 0.05) is 9.81 Å². The predicted molar refractivity (Wildman–Crippen MR) is 153 cm³/mol. The van der Waals surface area contributed by atoms with Crippen molar-refractivity contribution in [1.82, 2.24) is 4.98 Å². The molecule has 0 radical (unpaired) electrons. The smallest absolute Gasteiger partial charge is 0.362 e. The van der Waals surface area contributed by atoms with Crippen LogP contribution in [0.5, 0.6) is 0 Å². The third-order valence-corrected chi connectivity index (χ3v) is 6.65. The average Bonchev–Trinajstić information content (AvgIpc) is 3.39. The Bertz CT molecular complexity index is 1180. The van der Waals surface area contributed by atoms with Gasteiger partial charge in [-0.25, -0.2) is 9.78 Å². The largest absolute Gasteiger partial charge is 0.461 e. The maximum Gasteiger partial charge on any atom is 0.362 e. The number of rotatable bonds is 11. The summed E-state index contributed by atoms with van der Waals surface area (Å²) in [6.45, 7) is 2.37. The molecule has 0 aliphatic carbocycles. The summed E-state index contributed by atoms with van der Waals surface area (Å²) < 4.78 is 5.94. The molecule has 36 heavy (non-hydrogen) atoms. The van der Waals surface area contributed by atoms with Gasteiger partial charge in [-0.05, 0) is 23.6 Å². The van der Waals surface area contributed by atoms with Crippen LogP contribution in [-0.2, 0) is 19.9 Å². The molecule has 0 aliphatic heterocycles. The van der Waals surface area contributed by atoms with Crippen molar-refractivity contribution in [2.24, 2.45) is 5.16 Å². The molecule has 0 saturated carbocycles. The number of ether oxygens (including phenoxy) is 1. The van der Waals surface area contributed by atoms with E-state index in [-0.39, 0.29) is 12.3 Å². The zero-order valence-corrected chi connectivity index (χ0v) is 22.7. The Labute approximate surface area is 228 Å². The Kier molecular flexibility index (Phi) is 9.07. The van der Waals surface area contributed by atoms with Crippen LogP contribution < -0.4 is 5.32 Å². The van der Waals surface area contributed by atoms with Gasteiger partial charge in [0.15, 0.2) is 5.13 Å². The SMILES string of the molecule is CCOC(=O)/C(=N/OCCI)c1csc(NC(c2ccccc2)(c2ccccc2)c2ccccc2)n1. The maximum absolute atomic E-state index is 12.6. The van der Waals surface area contributed by atoms with Gasteiger partial charge >= 0.3 is 5.97 Å². The summed E-state index contributed by atoms with van der Waals surface area (Å²) in [6.07, 6.45) is 0. The highest BCUT2D eigenvalue weighted by Gasteiger charge is 2.37. The Morgan fingerprint density at radius 2 is 1.47 bits per heavy atom. The molecule has 1 heterocycles. The van der Waals surface area contributed by atoms with Gasteiger partial charge in [0.1, 0.15) is 17.8 Å². The molecule has 0 aliphatic rings. The summed E-state index contributed by atoms with van der Waals surface area (Å²) >= 11 is 3.58. The van der Waals surface area contributed by atoms with E-state index in [1.165, 1.54) is 11.3 Å². The lowest BCUT2D eigenvalue weighted by Crippen LogP contribution is -2.38. The lowest BCUT2D eigenvalue weighted by atomic mass is 9.77. The van der Waals surface area contributed by atoms with Crippen LogP contribution in [0.3, 0.4) is 0 Å². The molecular weight excluding hydrogens is 585 g/mol. The minimum absolute atomic E-state index is 0.0516. The zero-order chi connectivity index (χ0) is 25.2. The van der Waals surface area contributed by atoms with Crippen LogP contribution in [0, 0.1) is 0 Å². The minimum Gasteiger partial charge on any atom is -0.461 e. The fourth-order valence-electron chi connectivity index (χ4n) is 3.91. The number of anilines is 1. The maximum atomic E-state index is 12.6. The van der Waals surface area contributed by atoms with Crippen molar-refractivity contribution >= 4 is 50.7 Å². The zero-order valence-electron chi connectivity index (χ0n) is 19.8. The number of benzene rings is 3. The van der Waals surface area contributed by atoms with E-state index in [1.54, 1.807) is 12.3 Å². The number of alkyl halides is 1. The van der Waals surface area contributed by atoms with E-state index in [0.717, 1.165) is 21.1 Å². The molecule has 0 fully saturated rings. The number of thiazole rings is 1. The molecule has 3 aromatic carbocycles. The van der Waals surface area contributed by atoms with Crippen molar-refractivity contribution < 1.29 is 14.4 Å². The number of carbonyl (C=O) groups is 1. The molecule has 0 spiro atoms. The molecule has 0 saturated heterocycles. The lowest BCUT2D eigenvalue weighted by Gasteiger charge is -2.36. The molecule has 8 heteroatoms. The van der Waals surface area contributed by atoms with Gasteiger partial charge in [0.2, 0.25) is 5.71 Å². The highest BCUT2D eigenvalue weighted by atomic mass is 127. The summed E-state index contributed by atoms with van der Waals surface area (Å²) in [6, 6.07) is 30.8. The number of carbonyl (C=O) groups excluding carboxylic acids is 1. The van der Waals surface area contributed by atoms with E-state index in [2.05, 4.69) is 69.5 Å². The quantitative estimate of drug-likeness (QED) is 0.0412. The molecule has 0 atom stereocenters. The molecular formula is C28H26IN3O3S. The topological polar surface area (TPSA) is 72.8 Å². The number of hydrogen-bond donors (Lipinski definition) is 1. The van der Waals surface area contributed by atoms with Crippen molar-refractivity contribution in [2.75, 3.05) is 23.0 Å². The molecule has 4 rings (SSSR count). The third-order valence-electron chi connectivity index (χ3n) is 5.45. The van der Waals surface area contributed by atoms with Crippen LogP contribution in [-0.4, -0.2) is 34.3 Å². The van der Waals surface area contributed by atoms with Gasteiger partial charge < -0.3 is 14.9 Å². The number of oxime groups is 1. The Morgan fingerprint density at radius 1 is 0.944 bits per heavy atom. The van der Waals surface area contributed by atoms with E-state index >= 15 is 0 Å². The van der Waals surface area contributed by atoms with Gasteiger partial charge in [0.25, 0.3) is 0 Å². The Balaban J connectivity index is 1.82. The fraction of sp³-hybridized carbons (Fsp3) is 0.179. The third kappa shape index (κ3) is 5.76. The summed E-state index contributed by atoms with van der Waals surface area (Å²) in [4.78, 5) is 22.7. The van der Waals surface area contributed by atoms with Crippen molar-refractivity contribution in [3.8, 4) is 0 Å². The van der Waals surface area contributed by atoms with Crippen LogP contribution in [0.1, 0.15) is 29.3 Å². The number of aromatic nitrogens is 1. The predicted octanol–water partition coefficient (Wildman–Crippen LogP) is 6.27. The van der Waals surface area contributed by atoms with Gasteiger partial charge in [-0.1, -0.05) is 119 Å².